The molecule has 22 heavy (non-hydrogen) atoms. The van der Waals surface area contributed by atoms with E-state index in [1.165, 1.54) is 0 Å². The van der Waals surface area contributed by atoms with E-state index >= 15 is 0 Å². The summed E-state index contributed by atoms with van der Waals surface area (Å²) in [6.07, 6.45) is 3.10. The third kappa shape index (κ3) is 2.52. The molecule has 1 aromatic rings. The average Bonchev–Trinajstić information content (AvgIpc) is 2.72. The second-order valence-corrected chi connectivity index (χ2v) is 6.10. The summed E-state index contributed by atoms with van der Waals surface area (Å²) in [6.45, 7) is 1.95. The van der Waals surface area contributed by atoms with Gasteiger partial charge in [0.2, 0.25) is 0 Å². The summed E-state index contributed by atoms with van der Waals surface area (Å²) in [7, 11) is 0. The minimum absolute atomic E-state index is 0.329. The van der Waals surface area contributed by atoms with Crippen LogP contribution < -0.4 is 5.43 Å². The van der Waals surface area contributed by atoms with Crippen molar-refractivity contribution in [3.8, 4) is 0 Å². The lowest BCUT2D eigenvalue weighted by Crippen LogP contribution is -2.46. The van der Waals surface area contributed by atoms with Crippen molar-refractivity contribution in [2.75, 3.05) is 0 Å². The normalized spacial score (nSPS) is 24.1. The van der Waals surface area contributed by atoms with Gasteiger partial charge >= 0.3 is 0 Å². The quantitative estimate of drug-likeness (QED) is 0.672. The van der Waals surface area contributed by atoms with E-state index in [4.69, 9.17) is 11.6 Å². The predicted octanol–water partition coefficient (Wildman–Crippen LogP) is 2.33. The van der Waals surface area contributed by atoms with Gasteiger partial charge in [0.25, 0.3) is 17.7 Å². The second kappa shape index (κ2) is 5.57. The van der Waals surface area contributed by atoms with Crippen LogP contribution in [-0.2, 0) is 9.59 Å². The van der Waals surface area contributed by atoms with E-state index in [-0.39, 0.29) is 23.7 Å². The fourth-order valence-electron chi connectivity index (χ4n) is 2.92. The highest BCUT2D eigenvalue weighted by molar-refractivity contribution is 6.30. The number of fused-ring (bicyclic) bond motifs is 1. The van der Waals surface area contributed by atoms with Crippen LogP contribution in [0.5, 0.6) is 0 Å². The number of benzene rings is 1. The zero-order chi connectivity index (χ0) is 15.9. The Balaban J connectivity index is 1.76. The number of hydrazine groups is 1. The smallest absolute Gasteiger partial charge is 0.270 e. The summed E-state index contributed by atoms with van der Waals surface area (Å²) in [5.74, 6) is -1.88. The maximum atomic E-state index is 12.4. The van der Waals surface area contributed by atoms with E-state index in [1.54, 1.807) is 24.3 Å². The Morgan fingerprint density at radius 2 is 1.82 bits per heavy atom. The lowest BCUT2D eigenvalue weighted by atomic mass is 9.82. The zero-order valence-electron chi connectivity index (χ0n) is 12.0. The maximum Gasteiger partial charge on any atom is 0.270 e. The predicted molar refractivity (Wildman–Crippen MR) is 80.7 cm³/mol. The van der Waals surface area contributed by atoms with Crippen molar-refractivity contribution in [2.45, 2.75) is 19.8 Å². The summed E-state index contributed by atoms with van der Waals surface area (Å²) in [5.41, 5.74) is 3.86. The number of amides is 3. The first kappa shape index (κ1) is 14.8. The summed E-state index contributed by atoms with van der Waals surface area (Å²) in [6, 6.07) is 6.25. The molecule has 3 amide bonds. The summed E-state index contributed by atoms with van der Waals surface area (Å²) in [5, 5.41) is 1.39. The fourth-order valence-corrected chi connectivity index (χ4v) is 3.04. The Labute approximate surface area is 132 Å². The molecule has 1 fully saturated rings. The molecule has 0 aromatic heterocycles. The molecule has 5 nitrogen and oxygen atoms in total. The SMILES string of the molecule is CC1=CC[C@H]2C(=O)N(NC(=O)c3ccc(Cl)cc3)C(=O)[C@@H]2C1. The van der Waals surface area contributed by atoms with Crippen molar-refractivity contribution in [2.24, 2.45) is 11.8 Å². The molecule has 1 aromatic carbocycles. The van der Waals surface area contributed by atoms with E-state index in [2.05, 4.69) is 5.43 Å². The maximum absolute atomic E-state index is 12.4. The topological polar surface area (TPSA) is 66.5 Å². The molecular formula is C16H15ClN2O3. The Kier molecular flexibility index (Phi) is 3.74. The molecule has 2 atom stereocenters. The van der Waals surface area contributed by atoms with Gasteiger partial charge in [-0.05, 0) is 44.0 Å². The lowest BCUT2D eigenvalue weighted by Gasteiger charge is -2.18. The number of rotatable bonds is 2. The monoisotopic (exact) mass is 318 g/mol. The molecule has 0 saturated carbocycles. The molecular weight excluding hydrogens is 304 g/mol. The summed E-state index contributed by atoms with van der Waals surface area (Å²) < 4.78 is 0. The van der Waals surface area contributed by atoms with E-state index < -0.39 is 5.91 Å². The first-order valence-corrected chi connectivity index (χ1v) is 7.45. The van der Waals surface area contributed by atoms with Gasteiger partial charge < -0.3 is 0 Å². The van der Waals surface area contributed by atoms with Gasteiger partial charge in [-0.2, -0.15) is 5.01 Å². The Morgan fingerprint density at radius 3 is 2.50 bits per heavy atom. The minimum atomic E-state index is -0.498. The third-order valence-corrected chi connectivity index (χ3v) is 4.39. The number of hydrogen-bond donors (Lipinski definition) is 1. The molecule has 6 heteroatoms. The van der Waals surface area contributed by atoms with Gasteiger partial charge in [-0.3, -0.25) is 19.8 Å². The van der Waals surface area contributed by atoms with Crippen molar-refractivity contribution in [3.63, 3.8) is 0 Å². The Hall–Kier alpha value is -2.14. The second-order valence-electron chi connectivity index (χ2n) is 5.66. The highest BCUT2D eigenvalue weighted by Crippen LogP contribution is 2.36. The van der Waals surface area contributed by atoms with Crippen LogP contribution in [-0.4, -0.2) is 22.7 Å². The van der Waals surface area contributed by atoms with E-state index in [0.717, 1.165) is 10.6 Å². The summed E-state index contributed by atoms with van der Waals surface area (Å²) >= 11 is 5.77. The third-order valence-electron chi connectivity index (χ3n) is 4.14. The van der Waals surface area contributed by atoms with Gasteiger partial charge in [-0.25, -0.2) is 0 Å². The van der Waals surface area contributed by atoms with Gasteiger partial charge in [-0.1, -0.05) is 23.3 Å². The number of carbonyl (C=O) groups excluding carboxylic acids is 3. The molecule has 114 valence electrons. The first-order valence-electron chi connectivity index (χ1n) is 7.07. The van der Waals surface area contributed by atoms with Gasteiger partial charge in [0, 0.05) is 10.6 Å². The number of hydrogen-bond acceptors (Lipinski definition) is 3. The summed E-state index contributed by atoms with van der Waals surface area (Å²) in [4.78, 5) is 36.8. The first-order chi connectivity index (χ1) is 10.5. The van der Waals surface area contributed by atoms with Crippen molar-refractivity contribution in [1.29, 1.82) is 0 Å². The number of nitrogens with zero attached hydrogens (tertiary/aromatic N) is 1. The molecule has 0 unspecified atom stereocenters. The van der Waals surface area contributed by atoms with Crippen molar-refractivity contribution >= 4 is 29.3 Å². The zero-order valence-corrected chi connectivity index (χ0v) is 12.8. The standard InChI is InChI=1S/C16H15ClN2O3/c1-9-2-7-12-13(8-9)16(22)19(15(12)21)18-14(20)10-3-5-11(17)6-4-10/h2-6,12-13H,7-8H2,1H3,(H,18,20)/t12-,13-/m1/s1. The van der Waals surface area contributed by atoms with Crippen molar-refractivity contribution < 1.29 is 14.4 Å². The molecule has 0 bridgehead atoms. The lowest BCUT2D eigenvalue weighted by molar-refractivity contribution is -0.142. The minimum Gasteiger partial charge on any atom is -0.272 e. The van der Waals surface area contributed by atoms with Crippen molar-refractivity contribution in [1.82, 2.24) is 10.4 Å². The number of nitrogens with one attached hydrogen (secondary N) is 1. The molecule has 1 N–H and O–H groups in total. The number of carbonyl (C=O) groups is 3. The molecule has 0 spiro atoms. The van der Waals surface area contributed by atoms with Crippen LogP contribution in [0, 0.1) is 11.8 Å². The van der Waals surface area contributed by atoms with Crippen LogP contribution in [0.25, 0.3) is 0 Å². The van der Waals surface area contributed by atoms with E-state index in [9.17, 15) is 14.4 Å². The number of halogens is 1. The van der Waals surface area contributed by atoms with Crippen LogP contribution in [0.3, 0.4) is 0 Å². The molecule has 1 heterocycles. The highest BCUT2D eigenvalue weighted by Gasteiger charge is 2.48. The average molecular weight is 319 g/mol. The highest BCUT2D eigenvalue weighted by atomic mass is 35.5. The molecule has 2 aliphatic rings. The van der Waals surface area contributed by atoms with Gasteiger partial charge in [-0.15, -0.1) is 0 Å². The van der Waals surface area contributed by atoms with Gasteiger partial charge in [0.05, 0.1) is 11.8 Å². The van der Waals surface area contributed by atoms with E-state index in [0.29, 0.717) is 23.4 Å². The molecule has 0 radical (unpaired) electrons. The van der Waals surface area contributed by atoms with Crippen LogP contribution in [0.2, 0.25) is 5.02 Å². The Morgan fingerprint density at radius 1 is 1.18 bits per heavy atom. The van der Waals surface area contributed by atoms with Crippen LogP contribution in [0.1, 0.15) is 30.1 Å². The van der Waals surface area contributed by atoms with Gasteiger partial charge in [0.1, 0.15) is 0 Å². The Bertz CT molecular complexity index is 681. The van der Waals surface area contributed by atoms with Crippen LogP contribution in [0.15, 0.2) is 35.9 Å². The van der Waals surface area contributed by atoms with Crippen molar-refractivity contribution in [3.05, 3.63) is 46.5 Å². The molecule has 1 aliphatic carbocycles. The molecule has 1 aliphatic heterocycles. The van der Waals surface area contributed by atoms with Crippen LogP contribution in [0.4, 0.5) is 0 Å². The molecule has 1 saturated heterocycles. The number of imide groups is 1. The van der Waals surface area contributed by atoms with Crippen LogP contribution >= 0.6 is 11.6 Å². The molecule has 3 rings (SSSR count). The van der Waals surface area contributed by atoms with Gasteiger partial charge in [0.15, 0.2) is 0 Å². The fraction of sp³-hybridized carbons (Fsp3) is 0.312. The number of allylic oxidation sites excluding steroid dienone is 2. The van der Waals surface area contributed by atoms with E-state index in [1.807, 2.05) is 13.0 Å². The largest absolute Gasteiger partial charge is 0.272 e.